The van der Waals surface area contributed by atoms with Crippen molar-refractivity contribution < 1.29 is 14.6 Å². The maximum atomic E-state index is 11.0. The van der Waals surface area contributed by atoms with E-state index < -0.39 is 12.0 Å². The molecule has 1 aliphatic heterocycles. The Morgan fingerprint density at radius 1 is 1.15 bits per heavy atom. The Kier molecular flexibility index (Phi) is 6.74. The van der Waals surface area contributed by atoms with Gasteiger partial charge in [0.1, 0.15) is 17.6 Å². The topological polar surface area (TPSA) is 128 Å². The first-order valence-electron chi connectivity index (χ1n) is 11.0. The molecule has 1 saturated heterocycles. The average Bonchev–Trinajstić information content (AvgIpc) is 2.84. The van der Waals surface area contributed by atoms with Gasteiger partial charge in [-0.25, -0.2) is 4.98 Å². The second-order valence-electron chi connectivity index (χ2n) is 8.32. The Morgan fingerprint density at radius 2 is 1.85 bits per heavy atom. The fourth-order valence-electron chi connectivity index (χ4n) is 4.34. The summed E-state index contributed by atoms with van der Waals surface area (Å²) in [5.41, 5.74) is 15.4. The van der Waals surface area contributed by atoms with E-state index in [-0.39, 0.29) is 12.4 Å². The van der Waals surface area contributed by atoms with E-state index >= 15 is 0 Å². The molecule has 0 aliphatic carbocycles. The summed E-state index contributed by atoms with van der Waals surface area (Å²) in [5.74, 6) is 1.42. The first-order valence-corrected chi connectivity index (χ1v) is 11.0. The number of methoxy groups -OCH3 is 1. The number of carboxylic acid groups (broad SMARTS) is 1. The van der Waals surface area contributed by atoms with Crippen molar-refractivity contribution in [3.05, 3.63) is 65.7 Å². The van der Waals surface area contributed by atoms with Crippen LogP contribution < -0.4 is 21.1 Å². The summed E-state index contributed by atoms with van der Waals surface area (Å²) in [6, 6.07) is 16.8. The van der Waals surface area contributed by atoms with Gasteiger partial charge >= 0.3 is 5.97 Å². The minimum absolute atomic E-state index is 0.228. The van der Waals surface area contributed by atoms with Crippen LogP contribution in [-0.2, 0) is 11.2 Å². The Labute approximate surface area is 193 Å². The smallest absolute Gasteiger partial charge is 0.320 e. The number of para-hydroxylation sites is 1. The van der Waals surface area contributed by atoms with Gasteiger partial charge in [0.25, 0.3) is 0 Å². The molecule has 1 aromatic heterocycles. The van der Waals surface area contributed by atoms with Crippen LogP contribution >= 0.6 is 0 Å². The number of ether oxygens (including phenoxy) is 1. The number of benzene rings is 2. The molecule has 2 aromatic carbocycles. The number of hydrogen-bond acceptors (Lipinski definition) is 7. The van der Waals surface area contributed by atoms with Crippen molar-refractivity contribution in [2.24, 2.45) is 5.73 Å². The number of anilines is 2. The van der Waals surface area contributed by atoms with Gasteiger partial charge in [-0.3, -0.25) is 4.79 Å². The van der Waals surface area contributed by atoms with Crippen molar-refractivity contribution in [1.82, 2.24) is 9.97 Å². The van der Waals surface area contributed by atoms with Crippen LogP contribution in [0, 0.1) is 0 Å². The third kappa shape index (κ3) is 5.23. The summed E-state index contributed by atoms with van der Waals surface area (Å²) >= 11 is 0. The van der Waals surface area contributed by atoms with Crippen molar-refractivity contribution in [1.29, 1.82) is 0 Å². The highest BCUT2D eigenvalue weighted by Gasteiger charge is 2.24. The molecule has 0 amide bonds. The number of nitrogens with zero attached hydrogens (tertiary/aromatic N) is 3. The van der Waals surface area contributed by atoms with Crippen LogP contribution in [0.1, 0.15) is 29.9 Å². The van der Waals surface area contributed by atoms with Gasteiger partial charge in [-0.1, -0.05) is 42.5 Å². The molecule has 3 aromatic rings. The Morgan fingerprint density at radius 3 is 2.52 bits per heavy atom. The minimum atomic E-state index is -1.01. The SMILES string of the molecule is COc1ccccc1C1CCN(c2cc(-c3ccc(CC(N)C(=O)O)cc3)nc(N)n2)CC1. The molecule has 1 unspecified atom stereocenters. The fourth-order valence-corrected chi connectivity index (χ4v) is 4.34. The van der Waals surface area contributed by atoms with E-state index in [0.29, 0.717) is 5.92 Å². The zero-order valence-electron chi connectivity index (χ0n) is 18.6. The lowest BCUT2D eigenvalue weighted by Gasteiger charge is -2.33. The predicted octanol–water partition coefficient (Wildman–Crippen LogP) is 3.07. The van der Waals surface area contributed by atoms with Gasteiger partial charge in [0.15, 0.2) is 0 Å². The zero-order valence-corrected chi connectivity index (χ0v) is 18.6. The third-order valence-corrected chi connectivity index (χ3v) is 6.15. The van der Waals surface area contributed by atoms with Crippen molar-refractivity contribution in [2.45, 2.75) is 31.2 Å². The maximum Gasteiger partial charge on any atom is 0.320 e. The molecule has 1 aliphatic rings. The van der Waals surface area contributed by atoms with Crippen LogP contribution in [0.15, 0.2) is 54.6 Å². The normalized spacial score (nSPS) is 15.3. The molecule has 0 spiro atoms. The zero-order chi connectivity index (χ0) is 23.4. The number of aromatic nitrogens is 2. The van der Waals surface area contributed by atoms with E-state index in [9.17, 15) is 4.79 Å². The molecule has 0 radical (unpaired) electrons. The van der Waals surface area contributed by atoms with Crippen LogP contribution in [0.3, 0.4) is 0 Å². The number of nitrogen functional groups attached to an aromatic ring is 1. The highest BCUT2D eigenvalue weighted by molar-refractivity contribution is 5.73. The molecule has 5 N–H and O–H groups in total. The molecular formula is C25H29N5O3. The maximum absolute atomic E-state index is 11.0. The molecule has 2 heterocycles. The number of rotatable bonds is 7. The molecule has 8 heteroatoms. The number of piperidine rings is 1. The van der Waals surface area contributed by atoms with Crippen molar-refractivity contribution >= 4 is 17.7 Å². The van der Waals surface area contributed by atoms with Crippen LogP contribution in [0.4, 0.5) is 11.8 Å². The number of aliphatic carboxylic acids is 1. The second kappa shape index (κ2) is 9.87. The van der Waals surface area contributed by atoms with Gasteiger partial charge in [0, 0.05) is 24.7 Å². The summed E-state index contributed by atoms with van der Waals surface area (Å²) in [6.07, 6.45) is 2.27. The van der Waals surface area contributed by atoms with Gasteiger partial charge in [-0.15, -0.1) is 0 Å². The molecule has 8 nitrogen and oxygen atoms in total. The molecule has 0 saturated carbocycles. The number of carbonyl (C=O) groups is 1. The quantitative estimate of drug-likeness (QED) is 0.504. The molecule has 4 rings (SSSR count). The van der Waals surface area contributed by atoms with Crippen molar-refractivity contribution in [2.75, 3.05) is 30.8 Å². The predicted molar refractivity (Wildman–Crippen MR) is 128 cm³/mol. The molecule has 1 atom stereocenters. The first-order chi connectivity index (χ1) is 15.9. The molecule has 172 valence electrons. The van der Waals surface area contributed by atoms with E-state index in [1.165, 1.54) is 5.56 Å². The number of carboxylic acids is 1. The summed E-state index contributed by atoms with van der Waals surface area (Å²) < 4.78 is 5.54. The largest absolute Gasteiger partial charge is 0.496 e. The Bertz CT molecular complexity index is 1110. The molecule has 0 bridgehead atoms. The van der Waals surface area contributed by atoms with Gasteiger partial charge in [-0.05, 0) is 42.4 Å². The van der Waals surface area contributed by atoms with Gasteiger partial charge in [0.05, 0.1) is 12.8 Å². The monoisotopic (exact) mass is 447 g/mol. The van der Waals surface area contributed by atoms with Crippen LogP contribution in [0.5, 0.6) is 5.75 Å². The van der Waals surface area contributed by atoms with Crippen molar-refractivity contribution in [3.8, 4) is 17.0 Å². The molecular weight excluding hydrogens is 418 g/mol. The van der Waals surface area contributed by atoms with Gasteiger partial charge in [-0.2, -0.15) is 4.98 Å². The van der Waals surface area contributed by atoms with Crippen LogP contribution in [-0.4, -0.2) is 47.3 Å². The molecule has 1 fully saturated rings. The lowest BCUT2D eigenvalue weighted by atomic mass is 9.89. The average molecular weight is 448 g/mol. The Balaban J connectivity index is 1.47. The van der Waals surface area contributed by atoms with Crippen molar-refractivity contribution in [3.63, 3.8) is 0 Å². The van der Waals surface area contributed by atoms with Crippen LogP contribution in [0.2, 0.25) is 0 Å². The number of nitrogens with two attached hydrogens (primary N) is 2. The summed E-state index contributed by atoms with van der Waals surface area (Å²) in [6.45, 7) is 1.73. The first kappa shape index (κ1) is 22.5. The Hall–Kier alpha value is -3.65. The highest BCUT2D eigenvalue weighted by atomic mass is 16.5. The van der Waals surface area contributed by atoms with E-state index in [1.807, 2.05) is 42.5 Å². The summed E-state index contributed by atoms with van der Waals surface area (Å²) in [4.78, 5) is 22.1. The minimum Gasteiger partial charge on any atom is -0.496 e. The fraction of sp³-hybridized carbons (Fsp3) is 0.320. The van der Waals surface area contributed by atoms with Gasteiger partial charge < -0.3 is 26.2 Å². The van der Waals surface area contributed by atoms with E-state index in [0.717, 1.165) is 54.3 Å². The van der Waals surface area contributed by atoms with E-state index in [2.05, 4.69) is 27.0 Å². The van der Waals surface area contributed by atoms with Crippen LogP contribution in [0.25, 0.3) is 11.3 Å². The number of hydrogen-bond donors (Lipinski definition) is 3. The van der Waals surface area contributed by atoms with E-state index in [4.69, 9.17) is 21.3 Å². The van der Waals surface area contributed by atoms with Gasteiger partial charge in [0.2, 0.25) is 5.95 Å². The lowest BCUT2D eigenvalue weighted by Crippen LogP contribution is -2.33. The standard InChI is InChI=1S/C25H29N5O3/c1-33-22-5-3-2-4-19(22)17-10-12-30(13-11-17)23-15-21(28-25(27)29-23)18-8-6-16(7-9-18)14-20(26)24(31)32/h2-9,15,17,20H,10-14,26H2,1H3,(H,31,32)(H2,27,28,29). The summed E-state index contributed by atoms with van der Waals surface area (Å²) in [7, 11) is 1.71. The highest BCUT2D eigenvalue weighted by Crippen LogP contribution is 2.35. The second-order valence-corrected chi connectivity index (χ2v) is 8.32. The summed E-state index contributed by atoms with van der Waals surface area (Å²) in [5, 5.41) is 9.00. The third-order valence-electron chi connectivity index (χ3n) is 6.15. The molecule has 33 heavy (non-hydrogen) atoms. The lowest BCUT2D eigenvalue weighted by molar-refractivity contribution is -0.138. The van der Waals surface area contributed by atoms with E-state index in [1.54, 1.807) is 7.11 Å².